The third-order valence-electron chi connectivity index (χ3n) is 4.31. The Bertz CT molecular complexity index is 887. The number of nitrogens with zero attached hydrogens (tertiary/aromatic N) is 2. The van der Waals surface area contributed by atoms with Crippen LogP contribution >= 0.6 is 11.8 Å². The number of nitrogens with one attached hydrogen (secondary N) is 1. The first-order valence-electron chi connectivity index (χ1n) is 8.22. The predicted octanol–water partition coefficient (Wildman–Crippen LogP) is 3.98. The molecule has 0 spiro atoms. The van der Waals surface area contributed by atoms with Crippen molar-refractivity contribution < 1.29 is 9.18 Å². The van der Waals surface area contributed by atoms with E-state index in [0.717, 1.165) is 11.1 Å². The van der Waals surface area contributed by atoms with E-state index in [4.69, 9.17) is 5.26 Å². The van der Waals surface area contributed by atoms with Crippen LogP contribution in [0.1, 0.15) is 36.6 Å². The van der Waals surface area contributed by atoms with Gasteiger partial charge in [-0.2, -0.15) is 5.26 Å². The number of nitriles is 1. The molecule has 2 aromatic carbocycles. The number of thioether (sulfide) groups is 1. The van der Waals surface area contributed by atoms with Crippen molar-refractivity contribution >= 4 is 22.8 Å². The van der Waals surface area contributed by atoms with Crippen LogP contribution in [0.4, 0.5) is 4.39 Å². The molecule has 1 heterocycles. The Labute approximate surface area is 156 Å². The lowest BCUT2D eigenvalue weighted by Crippen LogP contribution is -2.35. The molecule has 4 nitrogen and oxygen atoms in total. The van der Waals surface area contributed by atoms with E-state index in [0.29, 0.717) is 17.2 Å². The van der Waals surface area contributed by atoms with Crippen molar-refractivity contribution in [3.05, 3.63) is 71.0 Å². The van der Waals surface area contributed by atoms with E-state index in [2.05, 4.69) is 16.4 Å². The molecule has 1 aliphatic rings. The number of carbonyl (C=O) groups excluding carboxylic acids is 1. The first-order chi connectivity index (χ1) is 12.4. The van der Waals surface area contributed by atoms with Gasteiger partial charge in [-0.15, -0.1) is 0 Å². The third kappa shape index (κ3) is 3.94. The predicted molar refractivity (Wildman–Crippen MR) is 101 cm³/mol. The van der Waals surface area contributed by atoms with Gasteiger partial charge in [-0.3, -0.25) is 9.79 Å². The number of hydrogen-bond acceptors (Lipinski definition) is 4. The second kappa shape index (κ2) is 7.30. The molecule has 6 heteroatoms. The Hall–Kier alpha value is -2.65. The van der Waals surface area contributed by atoms with Gasteiger partial charge >= 0.3 is 0 Å². The highest BCUT2D eigenvalue weighted by Crippen LogP contribution is 2.36. The minimum atomic E-state index is -0.657. The van der Waals surface area contributed by atoms with E-state index in [-0.39, 0.29) is 17.8 Å². The number of amidine groups is 1. The van der Waals surface area contributed by atoms with Gasteiger partial charge in [0.25, 0.3) is 0 Å². The van der Waals surface area contributed by atoms with Crippen molar-refractivity contribution in [3.63, 3.8) is 0 Å². The van der Waals surface area contributed by atoms with Crippen LogP contribution in [0.15, 0.2) is 53.5 Å². The number of rotatable bonds is 4. The lowest BCUT2D eigenvalue weighted by molar-refractivity contribution is -0.121. The Kier molecular flexibility index (Phi) is 5.10. The summed E-state index contributed by atoms with van der Waals surface area (Å²) in [5, 5.41) is 12.3. The van der Waals surface area contributed by atoms with Crippen LogP contribution < -0.4 is 5.32 Å². The monoisotopic (exact) mass is 367 g/mol. The molecule has 2 aromatic rings. The zero-order valence-electron chi connectivity index (χ0n) is 14.5. The van der Waals surface area contributed by atoms with Gasteiger partial charge in [-0.05, 0) is 55.7 Å². The van der Waals surface area contributed by atoms with Crippen LogP contribution in [0.25, 0.3) is 0 Å². The van der Waals surface area contributed by atoms with Crippen LogP contribution in [-0.2, 0) is 11.2 Å². The Balaban J connectivity index is 1.74. The number of aliphatic imine (C=N–C) groups is 1. The van der Waals surface area contributed by atoms with Gasteiger partial charge in [0, 0.05) is 0 Å². The van der Waals surface area contributed by atoms with Crippen molar-refractivity contribution in [2.24, 2.45) is 4.99 Å². The zero-order valence-corrected chi connectivity index (χ0v) is 15.3. The third-order valence-corrected chi connectivity index (χ3v) is 5.49. The lowest BCUT2D eigenvalue weighted by atomic mass is 9.99. The van der Waals surface area contributed by atoms with E-state index < -0.39 is 4.75 Å². The summed E-state index contributed by atoms with van der Waals surface area (Å²) in [7, 11) is 0. The molecule has 1 fully saturated rings. The summed E-state index contributed by atoms with van der Waals surface area (Å²) >= 11 is 1.40. The minimum absolute atomic E-state index is 0.0862. The summed E-state index contributed by atoms with van der Waals surface area (Å²) in [5.74, 6) is -0.371. The van der Waals surface area contributed by atoms with Gasteiger partial charge < -0.3 is 5.32 Å². The number of amides is 1. The average Bonchev–Trinajstić information content (AvgIpc) is 2.89. The van der Waals surface area contributed by atoms with Crippen molar-refractivity contribution in [2.45, 2.75) is 31.1 Å². The van der Waals surface area contributed by atoms with Crippen molar-refractivity contribution in [3.8, 4) is 6.07 Å². The molecule has 1 unspecified atom stereocenters. The summed E-state index contributed by atoms with van der Waals surface area (Å²) in [4.78, 5) is 17.1. The quantitative estimate of drug-likeness (QED) is 0.889. The molecule has 132 valence electrons. The molecule has 0 aromatic heterocycles. The van der Waals surface area contributed by atoms with Gasteiger partial charge in [0.15, 0.2) is 5.17 Å². The fourth-order valence-corrected chi connectivity index (χ4v) is 3.93. The van der Waals surface area contributed by atoms with E-state index in [1.165, 1.54) is 23.9 Å². The second-order valence-corrected chi connectivity index (χ2v) is 7.93. The van der Waals surface area contributed by atoms with Crippen LogP contribution in [0.3, 0.4) is 0 Å². The van der Waals surface area contributed by atoms with Crippen LogP contribution in [0.5, 0.6) is 0 Å². The average molecular weight is 367 g/mol. The highest BCUT2D eigenvalue weighted by Gasteiger charge is 2.42. The fourth-order valence-electron chi connectivity index (χ4n) is 2.77. The second-order valence-electron chi connectivity index (χ2n) is 6.43. The zero-order chi connectivity index (χ0) is 18.7. The Morgan fingerprint density at radius 3 is 2.50 bits per heavy atom. The van der Waals surface area contributed by atoms with E-state index >= 15 is 0 Å². The molecule has 26 heavy (non-hydrogen) atoms. The van der Waals surface area contributed by atoms with Gasteiger partial charge in [-0.25, -0.2) is 4.39 Å². The van der Waals surface area contributed by atoms with Gasteiger partial charge in [-0.1, -0.05) is 36.0 Å². The molecule has 2 atom stereocenters. The maximum absolute atomic E-state index is 13.0. The van der Waals surface area contributed by atoms with Crippen molar-refractivity contribution in [1.82, 2.24) is 5.32 Å². The lowest BCUT2D eigenvalue weighted by Gasteiger charge is -2.18. The Morgan fingerprint density at radius 2 is 1.88 bits per heavy atom. The van der Waals surface area contributed by atoms with Crippen LogP contribution in [0.2, 0.25) is 0 Å². The molecular formula is C20H18FN3OS. The summed E-state index contributed by atoms with van der Waals surface area (Å²) in [6, 6.07) is 15.3. The molecule has 0 aliphatic carbocycles. The number of carbonyl (C=O) groups is 1. The molecule has 1 amide bonds. The highest BCUT2D eigenvalue weighted by molar-refractivity contribution is 8.16. The van der Waals surface area contributed by atoms with E-state index in [1.807, 2.05) is 26.0 Å². The molecule has 1 aliphatic heterocycles. The van der Waals surface area contributed by atoms with Crippen LogP contribution in [-0.4, -0.2) is 15.8 Å². The van der Waals surface area contributed by atoms with Gasteiger partial charge in [0.05, 0.1) is 17.7 Å². The molecule has 0 bridgehead atoms. The summed E-state index contributed by atoms with van der Waals surface area (Å²) < 4.78 is 12.4. The molecular weight excluding hydrogens is 349 g/mol. The van der Waals surface area contributed by atoms with E-state index in [9.17, 15) is 9.18 Å². The smallest absolute Gasteiger partial charge is 0.242 e. The van der Waals surface area contributed by atoms with E-state index in [1.54, 1.807) is 24.3 Å². The number of hydrogen-bond donors (Lipinski definition) is 1. The molecule has 1 saturated heterocycles. The maximum Gasteiger partial charge on any atom is 0.242 e. The summed E-state index contributed by atoms with van der Waals surface area (Å²) in [6.45, 7) is 3.79. The Morgan fingerprint density at radius 1 is 1.23 bits per heavy atom. The molecule has 0 radical (unpaired) electrons. The van der Waals surface area contributed by atoms with Gasteiger partial charge in [0.2, 0.25) is 5.91 Å². The first kappa shape index (κ1) is 18.2. The molecule has 0 saturated carbocycles. The number of halogens is 1. The maximum atomic E-state index is 13.0. The highest BCUT2D eigenvalue weighted by atomic mass is 32.2. The van der Waals surface area contributed by atoms with Crippen molar-refractivity contribution in [2.75, 3.05) is 0 Å². The number of benzene rings is 2. The first-order valence-corrected chi connectivity index (χ1v) is 9.04. The normalized spacial score (nSPS) is 22.1. The topological polar surface area (TPSA) is 65.2 Å². The minimum Gasteiger partial charge on any atom is -0.304 e. The summed E-state index contributed by atoms with van der Waals surface area (Å²) in [6.07, 6.45) is 0.541. The van der Waals surface area contributed by atoms with Crippen molar-refractivity contribution in [1.29, 1.82) is 5.26 Å². The summed E-state index contributed by atoms with van der Waals surface area (Å²) in [5.41, 5.74) is 2.47. The van der Waals surface area contributed by atoms with Crippen LogP contribution in [0, 0.1) is 17.1 Å². The molecule has 1 N–H and O–H groups in total. The largest absolute Gasteiger partial charge is 0.304 e. The molecule has 3 rings (SSSR count). The fraction of sp³-hybridized carbons (Fsp3) is 0.250. The standard InChI is InChI=1S/C20H18FN3OS/c1-13(16-7-9-17(21)10-8-16)23-19-24-18(25)20(2,26-19)11-14-3-5-15(12-22)6-4-14/h3-10,13H,11H2,1-2H3,(H,23,24,25)/t13-,20?/m0/s1. The SMILES string of the molecule is C[C@H](N=C1NC(=O)C(C)(Cc2ccc(C#N)cc2)S1)c1ccc(F)cc1. The van der Waals surface area contributed by atoms with Gasteiger partial charge in [0.1, 0.15) is 10.6 Å².